The number of aliphatic hydroxyl groups is 2. The Morgan fingerprint density at radius 3 is 1.96 bits per heavy atom. The molecule has 130 valence electrons. The molecule has 23 heavy (non-hydrogen) atoms. The molecular weight excluding hydrogens is 350 g/mol. The minimum atomic E-state index is -3.83. The average Bonchev–Trinajstić information content (AvgIpc) is 2.39. The quantitative estimate of drug-likeness (QED) is 0.434. The largest absolute Gasteiger partial charge is 0.395 e. The predicted octanol–water partition coefficient (Wildman–Crippen LogP) is -0.591. The number of benzene rings is 1. The first-order chi connectivity index (χ1) is 10.6. The molecule has 0 saturated carbocycles. The topological polar surface area (TPSA) is 152 Å². The van der Waals surface area contributed by atoms with Crippen molar-refractivity contribution in [1.29, 1.82) is 0 Å². The van der Waals surface area contributed by atoms with Gasteiger partial charge < -0.3 is 10.2 Å². The molecule has 2 N–H and O–H groups in total. The summed E-state index contributed by atoms with van der Waals surface area (Å²) in [6.45, 7) is -1.24. The Morgan fingerprint density at radius 1 is 0.957 bits per heavy atom. The average molecular weight is 367 g/mol. The third-order valence-electron chi connectivity index (χ3n) is 2.99. The fraction of sp³-hybridized carbons (Fsp3) is 0.500. The summed E-state index contributed by atoms with van der Waals surface area (Å²) in [5.74, 6) is -2.46. The molecule has 0 radical (unpaired) electrons. The molecule has 0 bridgehead atoms. The van der Waals surface area contributed by atoms with E-state index in [9.17, 15) is 26.9 Å². The predicted molar refractivity (Wildman–Crippen MR) is 82.2 cm³/mol. The van der Waals surface area contributed by atoms with Crippen molar-refractivity contribution < 1.29 is 32.0 Å². The first-order valence-corrected chi connectivity index (χ1v) is 10.1. The highest BCUT2D eigenvalue weighted by Crippen LogP contribution is 2.26. The highest BCUT2D eigenvalue weighted by molar-refractivity contribution is 7.91. The van der Waals surface area contributed by atoms with Gasteiger partial charge in [-0.25, -0.2) is 16.8 Å². The Bertz CT molecular complexity index is 770. The van der Waals surface area contributed by atoms with E-state index in [1.165, 1.54) is 12.1 Å². The second kappa shape index (κ2) is 7.81. The molecule has 0 aliphatic carbocycles. The van der Waals surface area contributed by atoms with Crippen molar-refractivity contribution in [3.8, 4) is 0 Å². The van der Waals surface area contributed by atoms with E-state index in [0.29, 0.717) is 0 Å². The van der Waals surface area contributed by atoms with Gasteiger partial charge in [0.1, 0.15) is 0 Å². The minimum absolute atomic E-state index is 0.00540. The molecule has 0 saturated heterocycles. The first-order valence-electron chi connectivity index (χ1n) is 6.49. The van der Waals surface area contributed by atoms with E-state index in [2.05, 4.69) is 0 Å². The molecule has 0 aliphatic rings. The van der Waals surface area contributed by atoms with Gasteiger partial charge in [0.05, 0.1) is 41.1 Å². The maximum absolute atomic E-state index is 11.8. The summed E-state index contributed by atoms with van der Waals surface area (Å²) >= 11 is 0. The lowest BCUT2D eigenvalue weighted by Crippen LogP contribution is -2.17. The summed E-state index contributed by atoms with van der Waals surface area (Å²) in [4.78, 5) is 10.3. The van der Waals surface area contributed by atoms with Crippen LogP contribution in [0.15, 0.2) is 18.2 Å². The molecular formula is C12H17NO8S2. The van der Waals surface area contributed by atoms with Crippen LogP contribution in [-0.2, 0) is 31.2 Å². The maximum atomic E-state index is 11.8. The lowest BCUT2D eigenvalue weighted by atomic mass is 10.1. The SMILES string of the molecule is O=[N+]([O-])c1cccc(CS(=O)(=O)CCO)c1CS(=O)(=O)CCO. The zero-order chi connectivity index (χ0) is 17.7. The molecule has 0 fully saturated rings. The fourth-order valence-electron chi connectivity index (χ4n) is 1.97. The lowest BCUT2D eigenvalue weighted by Gasteiger charge is -2.11. The molecule has 0 spiro atoms. The first kappa shape index (κ1) is 19.5. The number of nitrogens with zero attached hydrogens (tertiary/aromatic N) is 1. The molecule has 0 unspecified atom stereocenters. The number of aliphatic hydroxyl groups excluding tert-OH is 2. The monoisotopic (exact) mass is 367 g/mol. The van der Waals surface area contributed by atoms with Gasteiger partial charge in [-0.1, -0.05) is 12.1 Å². The van der Waals surface area contributed by atoms with E-state index in [4.69, 9.17) is 10.2 Å². The summed E-state index contributed by atoms with van der Waals surface area (Å²) in [5, 5.41) is 28.6. The molecule has 1 rings (SSSR count). The van der Waals surface area contributed by atoms with Gasteiger partial charge in [0.15, 0.2) is 19.7 Å². The Morgan fingerprint density at radius 2 is 1.48 bits per heavy atom. The van der Waals surface area contributed by atoms with Crippen LogP contribution in [0, 0.1) is 10.1 Å². The van der Waals surface area contributed by atoms with Gasteiger partial charge in [-0.05, 0) is 5.56 Å². The van der Waals surface area contributed by atoms with Gasteiger partial charge in [-0.2, -0.15) is 0 Å². The molecule has 0 atom stereocenters. The number of sulfone groups is 2. The van der Waals surface area contributed by atoms with Gasteiger partial charge in [0.2, 0.25) is 0 Å². The zero-order valence-corrected chi connectivity index (χ0v) is 13.7. The molecule has 0 heterocycles. The van der Waals surface area contributed by atoms with E-state index in [1.807, 2.05) is 0 Å². The summed E-state index contributed by atoms with van der Waals surface area (Å²) in [6.07, 6.45) is 0. The Labute approximate surface area is 133 Å². The smallest absolute Gasteiger partial charge is 0.273 e. The molecule has 0 aliphatic heterocycles. The molecule has 0 aromatic heterocycles. The van der Waals surface area contributed by atoms with Gasteiger partial charge in [0, 0.05) is 11.6 Å². The van der Waals surface area contributed by atoms with E-state index in [1.54, 1.807) is 0 Å². The molecule has 0 amide bonds. The third kappa shape index (κ3) is 5.86. The second-order valence-corrected chi connectivity index (χ2v) is 9.17. The van der Waals surface area contributed by atoms with Crippen LogP contribution in [-0.4, -0.2) is 56.7 Å². The van der Waals surface area contributed by atoms with Gasteiger partial charge >= 0.3 is 0 Å². The van der Waals surface area contributed by atoms with Gasteiger partial charge in [-0.15, -0.1) is 0 Å². The number of nitro benzene ring substituents is 1. The van der Waals surface area contributed by atoms with Crippen LogP contribution >= 0.6 is 0 Å². The van der Waals surface area contributed by atoms with Crippen molar-refractivity contribution in [3.63, 3.8) is 0 Å². The van der Waals surface area contributed by atoms with E-state index in [-0.39, 0.29) is 11.1 Å². The standard InChI is InChI=1S/C12H17NO8S2/c14-4-6-22(18,19)8-10-2-1-3-12(13(16)17)11(10)9-23(20,21)7-5-15/h1-3,14-15H,4-9H2. The normalized spacial score (nSPS) is 12.3. The number of nitro groups is 1. The van der Waals surface area contributed by atoms with E-state index in [0.717, 1.165) is 6.07 Å². The van der Waals surface area contributed by atoms with Crippen molar-refractivity contribution in [2.45, 2.75) is 11.5 Å². The Balaban J connectivity index is 3.36. The Hall–Kier alpha value is -1.56. The van der Waals surface area contributed by atoms with Gasteiger partial charge in [0.25, 0.3) is 5.69 Å². The van der Waals surface area contributed by atoms with E-state index < -0.39 is 66.5 Å². The highest BCUT2D eigenvalue weighted by Gasteiger charge is 2.25. The maximum Gasteiger partial charge on any atom is 0.273 e. The third-order valence-corrected chi connectivity index (χ3v) is 6.08. The second-order valence-electron chi connectivity index (χ2n) is 4.80. The Kier molecular flexibility index (Phi) is 6.62. The van der Waals surface area contributed by atoms with Crippen LogP contribution in [0.25, 0.3) is 0 Å². The van der Waals surface area contributed by atoms with Crippen LogP contribution in [0.5, 0.6) is 0 Å². The summed E-state index contributed by atoms with van der Waals surface area (Å²) in [6, 6.07) is 3.65. The molecule has 11 heteroatoms. The fourth-order valence-corrected chi connectivity index (χ4v) is 4.34. The van der Waals surface area contributed by atoms with Gasteiger partial charge in [-0.3, -0.25) is 10.1 Å². The minimum Gasteiger partial charge on any atom is -0.395 e. The summed E-state index contributed by atoms with van der Waals surface area (Å²) in [5.41, 5.74) is -0.718. The van der Waals surface area contributed by atoms with Crippen LogP contribution in [0.1, 0.15) is 11.1 Å². The lowest BCUT2D eigenvalue weighted by molar-refractivity contribution is -0.385. The zero-order valence-electron chi connectivity index (χ0n) is 12.1. The summed E-state index contributed by atoms with van der Waals surface area (Å²) in [7, 11) is -7.56. The van der Waals surface area contributed by atoms with E-state index >= 15 is 0 Å². The number of rotatable bonds is 9. The van der Waals surface area contributed by atoms with Crippen LogP contribution in [0.4, 0.5) is 5.69 Å². The van der Waals surface area contributed by atoms with Crippen LogP contribution in [0.2, 0.25) is 0 Å². The van der Waals surface area contributed by atoms with Crippen LogP contribution < -0.4 is 0 Å². The van der Waals surface area contributed by atoms with Crippen molar-refractivity contribution in [2.75, 3.05) is 24.7 Å². The molecule has 9 nitrogen and oxygen atoms in total. The van der Waals surface area contributed by atoms with Crippen molar-refractivity contribution in [1.82, 2.24) is 0 Å². The number of hydrogen-bond acceptors (Lipinski definition) is 8. The molecule has 1 aromatic rings. The molecule has 1 aromatic carbocycles. The summed E-state index contributed by atoms with van der Waals surface area (Å²) < 4.78 is 47.3. The van der Waals surface area contributed by atoms with Crippen molar-refractivity contribution in [2.24, 2.45) is 0 Å². The van der Waals surface area contributed by atoms with Crippen LogP contribution in [0.3, 0.4) is 0 Å². The van der Waals surface area contributed by atoms with Crippen molar-refractivity contribution >= 4 is 25.4 Å². The van der Waals surface area contributed by atoms with Crippen molar-refractivity contribution in [3.05, 3.63) is 39.4 Å². The highest BCUT2D eigenvalue weighted by atomic mass is 32.2. The number of hydrogen-bond donors (Lipinski definition) is 2.